The first-order chi connectivity index (χ1) is 12.6. The molecule has 7 heteroatoms. The number of hydrogen-bond donors (Lipinski definition) is 0. The third-order valence-corrected chi connectivity index (χ3v) is 6.19. The number of carbonyl (C=O) groups excluding carboxylic acids is 1. The molecule has 4 rings (SSSR count). The van der Waals surface area contributed by atoms with Gasteiger partial charge in [-0.25, -0.2) is 0 Å². The first kappa shape index (κ1) is 17.5. The van der Waals surface area contributed by atoms with E-state index < -0.39 is 0 Å². The average Bonchev–Trinajstić information content (AvgIpc) is 3.22. The summed E-state index contributed by atoms with van der Waals surface area (Å²) in [6, 6.07) is 13.8. The van der Waals surface area contributed by atoms with Gasteiger partial charge in [-0.05, 0) is 47.7 Å². The van der Waals surface area contributed by atoms with E-state index >= 15 is 0 Å². The molecular formula is C19H15NO3S3. The quantitative estimate of drug-likeness (QED) is 0.426. The van der Waals surface area contributed by atoms with Crippen LogP contribution in [0.2, 0.25) is 0 Å². The van der Waals surface area contributed by atoms with Crippen LogP contribution in [0.25, 0.3) is 6.08 Å². The molecule has 132 valence electrons. The number of thioether (sulfide) groups is 2. The lowest BCUT2D eigenvalue weighted by Gasteiger charge is -2.14. The van der Waals surface area contributed by atoms with Crippen LogP contribution in [-0.4, -0.2) is 28.2 Å². The summed E-state index contributed by atoms with van der Waals surface area (Å²) in [5.41, 5.74) is 1.95. The zero-order valence-electron chi connectivity index (χ0n) is 13.9. The zero-order valence-corrected chi connectivity index (χ0v) is 16.4. The highest BCUT2D eigenvalue weighted by atomic mass is 32.2. The highest BCUT2D eigenvalue weighted by Gasteiger charge is 2.32. The number of nitrogens with zero attached hydrogens (tertiary/aromatic N) is 1. The van der Waals surface area contributed by atoms with Crippen LogP contribution in [0.3, 0.4) is 0 Å². The number of carbonyl (C=O) groups is 1. The number of hydrogen-bond acceptors (Lipinski definition) is 6. The van der Waals surface area contributed by atoms with E-state index in [2.05, 4.69) is 0 Å². The highest BCUT2D eigenvalue weighted by molar-refractivity contribution is 8.26. The van der Waals surface area contributed by atoms with Crippen LogP contribution in [0.1, 0.15) is 11.1 Å². The van der Waals surface area contributed by atoms with Crippen molar-refractivity contribution in [1.29, 1.82) is 0 Å². The fraction of sp³-hybridized carbons (Fsp3) is 0.158. The van der Waals surface area contributed by atoms with E-state index in [-0.39, 0.29) is 12.7 Å². The molecule has 2 aliphatic heterocycles. The maximum Gasteiger partial charge on any atom is 0.266 e. The largest absolute Gasteiger partial charge is 0.454 e. The van der Waals surface area contributed by atoms with E-state index in [0.717, 1.165) is 16.9 Å². The fourth-order valence-corrected chi connectivity index (χ4v) is 4.37. The Morgan fingerprint density at radius 3 is 2.73 bits per heavy atom. The van der Waals surface area contributed by atoms with Crippen molar-refractivity contribution in [2.45, 2.75) is 11.4 Å². The maximum absolute atomic E-state index is 12.8. The lowest BCUT2D eigenvalue weighted by molar-refractivity contribution is -0.122. The predicted octanol–water partition coefficient (Wildman–Crippen LogP) is 4.54. The summed E-state index contributed by atoms with van der Waals surface area (Å²) in [7, 11) is 0. The van der Waals surface area contributed by atoms with Crippen LogP contribution in [0.4, 0.5) is 0 Å². The van der Waals surface area contributed by atoms with Gasteiger partial charge in [-0.2, -0.15) is 0 Å². The second-order valence-corrected chi connectivity index (χ2v) is 8.28. The van der Waals surface area contributed by atoms with Crippen molar-refractivity contribution >= 4 is 52.0 Å². The van der Waals surface area contributed by atoms with Crippen molar-refractivity contribution in [3.05, 3.63) is 58.5 Å². The SMILES string of the molecule is CSc1ccc(/C=C2\SC(=S)N(Cc3ccc4c(c3)OCO4)C2=O)cc1. The van der Waals surface area contributed by atoms with E-state index in [0.29, 0.717) is 21.5 Å². The molecule has 0 aromatic heterocycles. The van der Waals surface area contributed by atoms with Crippen LogP contribution in [0, 0.1) is 0 Å². The highest BCUT2D eigenvalue weighted by Crippen LogP contribution is 2.36. The molecule has 2 aromatic rings. The van der Waals surface area contributed by atoms with Gasteiger partial charge in [0.25, 0.3) is 5.91 Å². The number of fused-ring (bicyclic) bond motifs is 1. The van der Waals surface area contributed by atoms with E-state index in [1.807, 2.05) is 54.8 Å². The van der Waals surface area contributed by atoms with Gasteiger partial charge in [0.05, 0.1) is 11.4 Å². The van der Waals surface area contributed by atoms with Crippen LogP contribution in [0.15, 0.2) is 52.3 Å². The molecule has 1 saturated heterocycles. The van der Waals surface area contributed by atoms with Crippen molar-refractivity contribution in [3.63, 3.8) is 0 Å². The standard InChI is InChI=1S/C19H15NO3S3/c1-25-14-5-2-12(3-6-14)9-17-18(21)20(19(24)26-17)10-13-4-7-15-16(8-13)23-11-22-15/h2-9H,10-11H2,1H3/b17-9-. The Bertz CT molecular complexity index is 909. The summed E-state index contributed by atoms with van der Waals surface area (Å²) in [5.74, 6) is 1.37. The number of rotatable bonds is 4. The summed E-state index contributed by atoms with van der Waals surface area (Å²) in [5, 5.41) is 0. The van der Waals surface area contributed by atoms with Crippen LogP contribution >= 0.6 is 35.7 Å². The van der Waals surface area contributed by atoms with Gasteiger partial charge in [-0.15, -0.1) is 11.8 Å². The Morgan fingerprint density at radius 1 is 1.19 bits per heavy atom. The Hall–Kier alpha value is -1.96. The van der Waals surface area contributed by atoms with Gasteiger partial charge in [0.1, 0.15) is 4.32 Å². The number of amides is 1. The molecule has 0 saturated carbocycles. The molecule has 1 amide bonds. The zero-order chi connectivity index (χ0) is 18.1. The minimum absolute atomic E-state index is 0.0633. The molecule has 0 unspecified atom stereocenters. The second kappa shape index (κ2) is 7.34. The number of ether oxygens (including phenoxy) is 2. The van der Waals surface area contributed by atoms with E-state index in [1.54, 1.807) is 16.7 Å². The monoisotopic (exact) mass is 401 g/mol. The van der Waals surface area contributed by atoms with Gasteiger partial charge in [0.15, 0.2) is 11.5 Å². The first-order valence-corrected chi connectivity index (χ1v) is 10.4. The number of thiocarbonyl (C=S) groups is 1. The maximum atomic E-state index is 12.8. The molecule has 0 radical (unpaired) electrons. The Balaban J connectivity index is 1.52. The van der Waals surface area contributed by atoms with Crippen LogP contribution < -0.4 is 9.47 Å². The molecule has 2 aromatic carbocycles. The third kappa shape index (κ3) is 3.47. The third-order valence-electron chi connectivity index (χ3n) is 4.06. The molecule has 0 aliphatic carbocycles. The fourth-order valence-electron chi connectivity index (χ4n) is 2.71. The lowest BCUT2D eigenvalue weighted by Crippen LogP contribution is -2.27. The van der Waals surface area contributed by atoms with Crippen molar-refractivity contribution in [2.75, 3.05) is 13.0 Å². The van der Waals surface area contributed by atoms with Gasteiger partial charge in [0.2, 0.25) is 6.79 Å². The molecule has 0 spiro atoms. The Kier molecular flexibility index (Phi) is 4.93. The molecule has 2 heterocycles. The van der Waals surface area contributed by atoms with Crippen LogP contribution in [-0.2, 0) is 11.3 Å². The molecule has 2 aliphatic rings. The van der Waals surface area contributed by atoms with Crippen LogP contribution in [0.5, 0.6) is 11.5 Å². The Labute approximate surface area is 165 Å². The Morgan fingerprint density at radius 2 is 1.96 bits per heavy atom. The van der Waals surface area contributed by atoms with E-state index in [4.69, 9.17) is 21.7 Å². The van der Waals surface area contributed by atoms with E-state index in [9.17, 15) is 4.79 Å². The first-order valence-electron chi connectivity index (χ1n) is 7.92. The lowest BCUT2D eigenvalue weighted by atomic mass is 10.2. The van der Waals surface area contributed by atoms with Gasteiger partial charge in [0, 0.05) is 4.90 Å². The smallest absolute Gasteiger partial charge is 0.266 e. The van der Waals surface area contributed by atoms with Gasteiger partial charge >= 0.3 is 0 Å². The summed E-state index contributed by atoms with van der Waals surface area (Å²) < 4.78 is 11.3. The van der Waals surface area contributed by atoms with Crippen molar-refractivity contribution in [3.8, 4) is 11.5 Å². The van der Waals surface area contributed by atoms with Gasteiger partial charge in [-0.3, -0.25) is 9.69 Å². The average molecular weight is 402 g/mol. The summed E-state index contributed by atoms with van der Waals surface area (Å²) in [6.07, 6.45) is 3.93. The van der Waals surface area contributed by atoms with Gasteiger partial charge < -0.3 is 9.47 Å². The van der Waals surface area contributed by atoms with E-state index in [1.165, 1.54) is 16.7 Å². The summed E-state index contributed by atoms with van der Waals surface area (Å²) in [6.45, 7) is 0.655. The van der Waals surface area contributed by atoms with Crippen molar-refractivity contribution in [1.82, 2.24) is 4.90 Å². The van der Waals surface area contributed by atoms with Crippen molar-refractivity contribution < 1.29 is 14.3 Å². The van der Waals surface area contributed by atoms with Gasteiger partial charge in [-0.1, -0.05) is 42.2 Å². The minimum Gasteiger partial charge on any atom is -0.454 e. The summed E-state index contributed by atoms with van der Waals surface area (Å²) in [4.78, 5) is 16.2. The van der Waals surface area contributed by atoms with Crippen molar-refractivity contribution in [2.24, 2.45) is 0 Å². The molecular weight excluding hydrogens is 386 g/mol. The topological polar surface area (TPSA) is 38.8 Å². The number of benzene rings is 2. The normalized spacial score (nSPS) is 17.4. The predicted molar refractivity (Wildman–Crippen MR) is 110 cm³/mol. The molecule has 26 heavy (non-hydrogen) atoms. The molecule has 0 N–H and O–H groups in total. The summed E-state index contributed by atoms with van der Waals surface area (Å²) >= 11 is 8.45. The molecule has 0 bridgehead atoms. The molecule has 1 fully saturated rings. The minimum atomic E-state index is -0.0633. The second-order valence-electron chi connectivity index (χ2n) is 5.73. The molecule has 0 atom stereocenters. The molecule has 4 nitrogen and oxygen atoms in total.